The molecule has 2 amide bonds. The van der Waals surface area contributed by atoms with Crippen molar-refractivity contribution in [1.82, 2.24) is 15.3 Å². The van der Waals surface area contributed by atoms with Crippen LogP contribution in [-0.2, 0) is 9.59 Å². The van der Waals surface area contributed by atoms with Gasteiger partial charge in [0.2, 0.25) is 5.91 Å². The molecule has 2 aromatic carbocycles. The molecule has 2 aliphatic rings. The summed E-state index contributed by atoms with van der Waals surface area (Å²) >= 11 is 9.41. The fraction of sp³-hybridized carbons (Fsp3) is 0.238. The second-order valence-corrected chi connectivity index (χ2v) is 8.48. The molecule has 1 saturated heterocycles. The van der Waals surface area contributed by atoms with Crippen LogP contribution in [-0.4, -0.2) is 34.3 Å². The SMILES string of the molecule is Cc1ccc(NC(=O)CN2C=CN3NC(c4ccc(Cl)cc4)CC3C2=O)c(Br)c1. The Kier molecular flexibility index (Phi) is 5.63. The fourth-order valence-electron chi connectivity index (χ4n) is 3.55. The number of nitrogens with zero attached hydrogens (tertiary/aromatic N) is 2. The molecule has 150 valence electrons. The van der Waals surface area contributed by atoms with Crippen LogP contribution < -0.4 is 10.7 Å². The van der Waals surface area contributed by atoms with Crippen molar-refractivity contribution in [3.63, 3.8) is 0 Å². The number of hydrazine groups is 1. The van der Waals surface area contributed by atoms with Crippen LogP contribution in [0.1, 0.15) is 23.6 Å². The average Bonchev–Trinajstić information content (AvgIpc) is 3.12. The molecule has 0 radical (unpaired) electrons. The zero-order valence-electron chi connectivity index (χ0n) is 15.7. The number of benzene rings is 2. The molecule has 0 bridgehead atoms. The summed E-state index contributed by atoms with van der Waals surface area (Å²) in [7, 11) is 0. The molecular weight excluding hydrogens is 456 g/mol. The monoisotopic (exact) mass is 474 g/mol. The summed E-state index contributed by atoms with van der Waals surface area (Å²) in [6.45, 7) is 1.94. The number of carbonyl (C=O) groups is 2. The molecule has 4 rings (SSSR count). The molecule has 2 atom stereocenters. The van der Waals surface area contributed by atoms with Crippen molar-refractivity contribution in [2.75, 3.05) is 11.9 Å². The number of amides is 2. The predicted molar refractivity (Wildman–Crippen MR) is 116 cm³/mol. The zero-order chi connectivity index (χ0) is 20.5. The van der Waals surface area contributed by atoms with Gasteiger partial charge in [0.1, 0.15) is 12.6 Å². The summed E-state index contributed by atoms with van der Waals surface area (Å²) in [4.78, 5) is 26.9. The quantitative estimate of drug-likeness (QED) is 0.702. The molecule has 0 saturated carbocycles. The number of rotatable bonds is 4. The summed E-state index contributed by atoms with van der Waals surface area (Å²) in [6.07, 6.45) is 4.06. The lowest BCUT2D eigenvalue weighted by Crippen LogP contribution is -2.49. The normalized spacial score (nSPS) is 20.7. The minimum Gasteiger partial charge on any atom is -0.324 e. The Bertz CT molecular complexity index is 979. The topological polar surface area (TPSA) is 64.7 Å². The fourth-order valence-corrected chi connectivity index (χ4v) is 4.26. The van der Waals surface area contributed by atoms with Gasteiger partial charge >= 0.3 is 0 Å². The highest BCUT2D eigenvalue weighted by Crippen LogP contribution is 2.31. The molecular formula is C21H20BrClN4O2. The molecule has 2 aromatic rings. The first-order chi connectivity index (χ1) is 13.9. The van der Waals surface area contributed by atoms with Crippen molar-refractivity contribution in [3.8, 4) is 0 Å². The highest BCUT2D eigenvalue weighted by atomic mass is 79.9. The molecule has 0 aromatic heterocycles. The smallest absolute Gasteiger partial charge is 0.251 e. The van der Waals surface area contributed by atoms with Crippen molar-refractivity contribution in [2.45, 2.75) is 25.4 Å². The van der Waals surface area contributed by atoms with Gasteiger partial charge in [-0.25, -0.2) is 5.43 Å². The van der Waals surface area contributed by atoms with Crippen LogP contribution in [0.5, 0.6) is 0 Å². The molecule has 2 unspecified atom stereocenters. The Morgan fingerprint density at radius 3 is 2.72 bits per heavy atom. The van der Waals surface area contributed by atoms with Gasteiger partial charge in [0.15, 0.2) is 0 Å². The number of fused-ring (bicyclic) bond motifs is 1. The Morgan fingerprint density at radius 1 is 1.24 bits per heavy atom. The van der Waals surface area contributed by atoms with E-state index in [0.717, 1.165) is 15.6 Å². The summed E-state index contributed by atoms with van der Waals surface area (Å²) in [5.41, 5.74) is 6.18. The van der Waals surface area contributed by atoms with Gasteiger partial charge in [-0.3, -0.25) is 9.59 Å². The number of hydrogen-bond acceptors (Lipinski definition) is 4. The third-order valence-corrected chi connectivity index (χ3v) is 5.97. The van der Waals surface area contributed by atoms with Crippen LogP contribution in [0.25, 0.3) is 0 Å². The maximum atomic E-state index is 12.9. The second-order valence-electron chi connectivity index (χ2n) is 7.19. The molecule has 8 heteroatoms. The highest BCUT2D eigenvalue weighted by Gasteiger charge is 2.40. The van der Waals surface area contributed by atoms with Crippen molar-refractivity contribution in [3.05, 3.63) is 75.5 Å². The predicted octanol–water partition coefficient (Wildman–Crippen LogP) is 3.98. The third-order valence-electron chi connectivity index (χ3n) is 5.06. The molecule has 0 aliphatic carbocycles. The Labute approximate surface area is 182 Å². The van der Waals surface area contributed by atoms with E-state index in [1.807, 2.05) is 54.4 Å². The van der Waals surface area contributed by atoms with Gasteiger partial charge in [-0.2, -0.15) is 0 Å². The summed E-state index contributed by atoms with van der Waals surface area (Å²) in [5.74, 6) is -0.351. The van der Waals surface area contributed by atoms with Crippen LogP contribution in [0.2, 0.25) is 5.02 Å². The van der Waals surface area contributed by atoms with E-state index in [9.17, 15) is 9.59 Å². The first-order valence-electron chi connectivity index (χ1n) is 9.25. The highest BCUT2D eigenvalue weighted by molar-refractivity contribution is 9.10. The standard InChI is InChI=1S/C21H20BrClN4O2/c1-13-2-7-17(16(22)10-13)24-20(28)12-26-8-9-27-19(21(26)29)11-18(25-27)14-3-5-15(23)6-4-14/h2-10,18-19,25H,11-12H2,1H3,(H,24,28). The lowest BCUT2D eigenvalue weighted by Gasteiger charge is -2.31. The molecule has 29 heavy (non-hydrogen) atoms. The van der Waals surface area contributed by atoms with Crippen LogP contribution in [0, 0.1) is 6.92 Å². The Morgan fingerprint density at radius 2 is 2.00 bits per heavy atom. The number of halogens is 2. The summed E-state index contributed by atoms with van der Waals surface area (Å²) in [6, 6.07) is 13.0. The Hall–Kier alpha value is -2.35. The van der Waals surface area contributed by atoms with Gasteiger partial charge < -0.3 is 15.2 Å². The maximum Gasteiger partial charge on any atom is 0.251 e. The minimum atomic E-state index is -0.348. The Balaban J connectivity index is 1.40. The van der Waals surface area contributed by atoms with Crippen LogP contribution in [0.15, 0.2) is 59.3 Å². The van der Waals surface area contributed by atoms with Gasteiger partial charge in [-0.15, -0.1) is 0 Å². The molecule has 1 fully saturated rings. The van der Waals surface area contributed by atoms with Crippen molar-refractivity contribution in [2.24, 2.45) is 0 Å². The number of aryl methyl sites for hydroxylation is 1. The number of hydrogen-bond donors (Lipinski definition) is 2. The average molecular weight is 476 g/mol. The lowest BCUT2D eigenvalue weighted by molar-refractivity contribution is -0.137. The minimum absolute atomic E-state index is 0.0168. The molecule has 2 N–H and O–H groups in total. The van der Waals surface area contributed by atoms with Crippen LogP contribution in [0.4, 0.5) is 5.69 Å². The molecule has 0 spiro atoms. The summed E-state index contributed by atoms with van der Waals surface area (Å²) in [5, 5.41) is 5.34. The van der Waals surface area contributed by atoms with Gasteiger partial charge in [-0.1, -0.05) is 29.8 Å². The van der Waals surface area contributed by atoms with Crippen LogP contribution >= 0.6 is 27.5 Å². The van der Waals surface area contributed by atoms with Gasteiger partial charge in [0.05, 0.1) is 11.7 Å². The van der Waals surface area contributed by atoms with E-state index in [-0.39, 0.29) is 30.4 Å². The second kappa shape index (κ2) is 8.18. The summed E-state index contributed by atoms with van der Waals surface area (Å²) < 4.78 is 0.809. The molecule has 2 heterocycles. The lowest BCUT2D eigenvalue weighted by atomic mass is 10.0. The van der Waals surface area contributed by atoms with E-state index in [1.54, 1.807) is 12.4 Å². The van der Waals surface area contributed by atoms with Gasteiger partial charge in [0.25, 0.3) is 5.91 Å². The van der Waals surface area contributed by atoms with E-state index in [1.165, 1.54) is 4.90 Å². The van der Waals surface area contributed by atoms with Gasteiger partial charge in [0, 0.05) is 21.9 Å². The van der Waals surface area contributed by atoms with E-state index in [4.69, 9.17) is 11.6 Å². The number of carbonyl (C=O) groups excluding carboxylic acids is 2. The zero-order valence-corrected chi connectivity index (χ0v) is 18.1. The van der Waals surface area contributed by atoms with E-state index < -0.39 is 0 Å². The molecule has 6 nitrogen and oxygen atoms in total. The number of nitrogens with one attached hydrogen (secondary N) is 2. The van der Waals surface area contributed by atoms with E-state index in [0.29, 0.717) is 17.1 Å². The van der Waals surface area contributed by atoms with Crippen molar-refractivity contribution < 1.29 is 9.59 Å². The molecule has 2 aliphatic heterocycles. The third kappa shape index (κ3) is 4.32. The van der Waals surface area contributed by atoms with Crippen molar-refractivity contribution in [1.29, 1.82) is 0 Å². The van der Waals surface area contributed by atoms with Gasteiger partial charge in [-0.05, 0) is 64.7 Å². The van der Waals surface area contributed by atoms with Crippen LogP contribution in [0.3, 0.4) is 0 Å². The first-order valence-corrected chi connectivity index (χ1v) is 10.4. The van der Waals surface area contributed by atoms with Crippen molar-refractivity contribution >= 4 is 45.0 Å². The van der Waals surface area contributed by atoms with E-state index >= 15 is 0 Å². The largest absolute Gasteiger partial charge is 0.324 e. The maximum absolute atomic E-state index is 12.9. The number of anilines is 1. The first kappa shape index (κ1) is 19.9. The van der Waals surface area contributed by atoms with E-state index in [2.05, 4.69) is 26.7 Å².